The van der Waals surface area contributed by atoms with Crippen LogP contribution in [0.4, 0.5) is 0 Å². The molecule has 1 N–H and O–H groups in total. The Morgan fingerprint density at radius 1 is 1.35 bits per heavy atom. The SMILES string of the molecule is CC(C(=O)OC(C)(C)C)C1(O)CCN(C)CC1. The lowest BCUT2D eigenvalue weighted by molar-refractivity contribution is -0.171. The maximum absolute atomic E-state index is 11.9. The van der Waals surface area contributed by atoms with E-state index < -0.39 is 17.1 Å². The van der Waals surface area contributed by atoms with Gasteiger partial charge in [0.05, 0.1) is 11.5 Å². The molecular formula is C13H25NO3. The average molecular weight is 243 g/mol. The van der Waals surface area contributed by atoms with Gasteiger partial charge in [0.1, 0.15) is 5.60 Å². The number of carbonyl (C=O) groups excluding carboxylic acids is 1. The summed E-state index contributed by atoms with van der Waals surface area (Å²) in [7, 11) is 2.03. The van der Waals surface area contributed by atoms with Crippen molar-refractivity contribution in [2.24, 2.45) is 5.92 Å². The molecule has 1 heterocycles. The molecule has 0 saturated carbocycles. The maximum Gasteiger partial charge on any atom is 0.312 e. The maximum atomic E-state index is 11.9. The molecule has 4 nitrogen and oxygen atoms in total. The van der Waals surface area contributed by atoms with Crippen LogP contribution in [0.2, 0.25) is 0 Å². The highest BCUT2D eigenvalue weighted by atomic mass is 16.6. The lowest BCUT2D eigenvalue weighted by Crippen LogP contribution is -2.50. The first kappa shape index (κ1) is 14.5. The van der Waals surface area contributed by atoms with Crippen molar-refractivity contribution in [2.75, 3.05) is 20.1 Å². The minimum atomic E-state index is -0.908. The van der Waals surface area contributed by atoms with E-state index in [9.17, 15) is 9.90 Å². The van der Waals surface area contributed by atoms with Crippen molar-refractivity contribution >= 4 is 5.97 Å². The molecular weight excluding hydrogens is 218 g/mol. The van der Waals surface area contributed by atoms with E-state index >= 15 is 0 Å². The highest BCUT2D eigenvalue weighted by molar-refractivity contribution is 5.74. The fourth-order valence-corrected chi connectivity index (χ4v) is 2.05. The van der Waals surface area contributed by atoms with Crippen molar-refractivity contribution in [2.45, 2.75) is 51.7 Å². The minimum absolute atomic E-state index is 0.301. The van der Waals surface area contributed by atoms with Crippen molar-refractivity contribution in [3.05, 3.63) is 0 Å². The zero-order valence-electron chi connectivity index (χ0n) is 11.6. The number of carbonyl (C=O) groups is 1. The van der Waals surface area contributed by atoms with E-state index in [1.807, 2.05) is 27.8 Å². The van der Waals surface area contributed by atoms with Crippen molar-refractivity contribution in [1.29, 1.82) is 0 Å². The molecule has 17 heavy (non-hydrogen) atoms. The number of hydrogen-bond acceptors (Lipinski definition) is 4. The first-order valence-electron chi connectivity index (χ1n) is 6.28. The zero-order chi connectivity index (χ0) is 13.3. The quantitative estimate of drug-likeness (QED) is 0.745. The monoisotopic (exact) mass is 243 g/mol. The molecule has 0 bridgehead atoms. The van der Waals surface area contributed by atoms with Gasteiger partial charge in [0.15, 0.2) is 0 Å². The van der Waals surface area contributed by atoms with Crippen LogP contribution in [-0.4, -0.2) is 47.3 Å². The molecule has 0 radical (unpaired) electrons. The molecule has 0 amide bonds. The lowest BCUT2D eigenvalue weighted by atomic mass is 9.80. The van der Waals surface area contributed by atoms with Gasteiger partial charge in [-0.1, -0.05) is 0 Å². The smallest absolute Gasteiger partial charge is 0.312 e. The molecule has 1 aliphatic heterocycles. The Morgan fingerprint density at radius 3 is 2.24 bits per heavy atom. The Hall–Kier alpha value is -0.610. The van der Waals surface area contributed by atoms with Crippen LogP contribution < -0.4 is 0 Å². The summed E-state index contributed by atoms with van der Waals surface area (Å²) in [4.78, 5) is 14.1. The van der Waals surface area contributed by atoms with E-state index in [2.05, 4.69) is 4.90 Å². The van der Waals surface area contributed by atoms with Crippen molar-refractivity contribution < 1.29 is 14.6 Å². The highest BCUT2D eigenvalue weighted by Crippen LogP contribution is 2.31. The molecule has 4 heteroatoms. The number of piperidine rings is 1. The normalized spacial score (nSPS) is 23.2. The van der Waals surface area contributed by atoms with Gasteiger partial charge in [-0.3, -0.25) is 4.79 Å². The molecule has 1 saturated heterocycles. The number of hydrogen-bond donors (Lipinski definition) is 1. The number of esters is 1. The molecule has 1 fully saturated rings. The summed E-state index contributed by atoms with van der Waals surface area (Å²) >= 11 is 0. The molecule has 0 aromatic rings. The van der Waals surface area contributed by atoms with E-state index in [-0.39, 0.29) is 5.97 Å². The van der Waals surface area contributed by atoms with E-state index in [0.29, 0.717) is 12.8 Å². The number of likely N-dealkylation sites (tertiary alicyclic amines) is 1. The second-order valence-corrected chi connectivity index (χ2v) is 6.16. The summed E-state index contributed by atoms with van der Waals surface area (Å²) < 4.78 is 5.33. The first-order chi connectivity index (χ1) is 7.64. The van der Waals surface area contributed by atoms with Crippen LogP contribution in [0, 0.1) is 5.92 Å². The third-order valence-electron chi connectivity index (χ3n) is 3.42. The predicted molar refractivity (Wildman–Crippen MR) is 66.7 cm³/mol. The third kappa shape index (κ3) is 3.96. The molecule has 1 unspecified atom stereocenters. The zero-order valence-corrected chi connectivity index (χ0v) is 11.6. The number of nitrogens with zero attached hydrogens (tertiary/aromatic N) is 1. The van der Waals surface area contributed by atoms with Crippen LogP contribution in [0.5, 0.6) is 0 Å². The minimum Gasteiger partial charge on any atom is -0.460 e. The lowest BCUT2D eigenvalue weighted by Gasteiger charge is -2.40. The Morgan fingerprint density at radius 2 is 1.82 bits per heavy atom. The van der Waals surface area contributed by atoms with Crippen molar-refractivity contribution in [1.82, 2.24) is 4.90 Å². The van der Waals surface area contributed by atoms with Gasteiger partial charge in [-0.05, 0) is 47.6 Å². The van der Waals surface area contributed by atoms with Gasteiger partial charge in [-0.25, -0.2) is 0 Å². The van der Waals surface area contributed by atoms with Gasteiger partial charge in [0.25, 0.3) is 0 Å². The van der Waals surface area contributed by atoms with E-state index in [1.54, 1.807) is 6.92 Å². The highest BCUT2D eigenvalue weighted by Gasteiger charge is 2.42. The number of rotatable bonds is 2. The molecule has 0 spiro atoms. The van der Waals surface area contributed by atoms with Gasteiger partial charge < -0.3 is 14.7 Å². The van der Waals surface area contributed by atoms with Gasteiger partial charge in [0.2, 0.25) is 0 Å². The topological polar surface area (TPSA) is 49.8 Å². The summed E-state index contributed by atoms with van der Waals surface area (Å²) in [6, 6.07) is 0. The molecule has 0 aromatic heterocycles. The summed E-state index contributed by atoms with van der Waals surface area (Å²) in [5, 5.41) is 10.5. The summed E-state index contributed by atoms with van der Waals surface area (Å²) in [6.07, 6.45) is 1.26. The molecule has 100 valence electrons. The molecule has 0 aromatic carbocycles. The van der Waals surface area contributed by atoms with Crippen LogP contribution >= 0.6 is 0 Å². The van der Waals surface area contributed by atoms with Crippen LogP contribution in [0.25, 0.3) is 0 Å². The van der Waals surface area contributed by atoms with Gasteiger partial charge in [-0.2, -0.15) is 0 Å². The number of ether oxygens (including phenoxy) is 1. The van der Waals surface area contributed by atoms with E-state index in [1.165, 1.54) is 0 Å². The Labute approximate surface area is 104 Å². The van der Waals surface area contributed by atoms with Crippen LogP contribution in [-0.2, 0) is 9.53 Å². The molecule has 1 aliphatic rings. The first-order valence-corrected chi connectivity index (χ1v) is 6.28. The molecule has 0 aliphatic carbocycles. The van der Waals surface area contributed by atoms with Crippen LogP contribution in [0.1, 0.15) is 40.5 Å². The van der Waals surface area contributed by atoms with E-state index in [4.69, 9.17) is 4.74 Å². The molecule has 1 rings (SSSR count). The van der Waals surface area contributed by atoms with E-state index in [0.717, 1.165) is 13.1 Å². The molecule has 1 atom stereocenters. The van der Waals surface area contributed by atoms with Crippen LogP contribution in [0.3, 0.4) is 0 Å². The van der Waals surface area contributed by atoms with Crippen molar-refractivity contribution in [3.63, 3.8) is 0 Å². The largest absolute Gasteiger partial charge is 0.460 e. The summed E-state index contributed by atoms with van der Waals surface area (Å²) in [5.41, 5.74) is -1.40. The van der Waals surface area contributed by atoms with Crippen molar-refractivity contribution in [3.8, 4) is 0 Å². The average Bonchev–Trinajstić information content (AvgIpc) is 2.19. The fourth-order valence-electron chi connectivity index (χ4n) is 2.05. The number of aliphatic hydroxyl groups is 1. The standard InChI is InChI=1S/C13H25NO3/c1-10(11(15)17-12(2,3)4)13(16)6-8-14(5)9-7-13/h10,16H,6-9H2,1-5H3. The Kier molecular flexibility index (Phi) is 4.20. The summed E-state index contributed by atoms with van der Waals surface area (Å²) in [6.45, 7) is 8.94. The van der Waals surface area contributed by atoms with Crippen LogP contribution in [0.15, 0.2) is 0 Å². The fraction of sp³-hybridized carbons (Fsp3) is 0.923. The van der Waals surface area contributed by atoms with Gasteiger partial charge in [-0.15, -0.1) is 0 Å². The second kappa shape index (κ2) is 4.94. The third-order valence-corrected chi connectivity index (χ3v) is 3.42. The predicted octanol–water partition coefficient (Wildman–Crippen LogP) is 1.42. The summed E-state index contributed by atoms with van der Waals surface area (Å²) in [5.74, 6) is -0.764. The Bertz CT molecular complexity index is 275. The van der Waals surface area contributed by atoms with Gasteiger partial charge >= 0.3 is 5.97 Å². The van der Waals surface area contributed by atoms with Gasteiger partial charge in [0, 0.05) is 13.1 Å². The Balaban J connectivity index is 2.62. The second-order valence-electron chi connectivity index (χ2n) is 6.16.